The number of carbonyl (C=O) groups is 3. The van der Waals surface area contributed by atoms with Crippen molar-refractivity contribution in [2.45, 2.75) is 31.8 Å². The van der Waals surface area contributed by atoms with Crippen LogP contribution in [0.3, 0.4) is 0 Å². The van der Waals surface area contributed by atoms with Crippen molar-refractivity contribution in [3.8, 4) is 11.1 Å². The Morgan fingerprint density at radius 2 is 1.50 bits per heavy atom. The zero-order valence-electron chi connectivity index (χ0n) is 18.8. The molecule has 1 unspecified atom stereocenters. The van der Waals surface area contributed by atoms with E-state index in [0.29, 0.717) is 5.56 Å². The van der Waals surface area contributed by atoms with E-state index in [1.54, 1.807) is 31.2 Å². The summed E-state index contributed by atoms with van der Waals surface area (Å²) in [6.45, 7) is 2.14. The van der Waals surface area contributed by atoms with Gasteiger partial charge in [0.1, 0.15) is 6.61 Å². The van der Waals surface area contributed by atoms with Crippen LogP contribution in [0.15, 0.2) is 72.8 Å². The number of nitrogens with one attached hydrogen (secondary N) is 2. The second-order valence-electron chi connectivity index (χ2n) is 8.35. The molecular weight excluding hydrogens is 432 g/mol. The summed E-state index contributed by atoms with van der Waals surface area (Å²) in [6, 6.07) is 22.6. The van der Waals surface area contributed by atoms with Gasteiger partial charge in [-0.25, -0.2) is 4.79 Å². The molecule has 1 atom stereocenters. The highest BCUT2D eigenvalue weighted by molar-refractivity contribution is 5.94. The van der Waals surface area contributed by atoms with Crippen LogP contribution in [-0.2, 0) is 16.1 Å². The number of carboxylic acid groups (broad SMARTS) is 1. The van der Waals surface area contributed by atoms with Gasteiger partial charge < -0.3 is 20.5 Å². The van der Waals surface area contributed by atoms with Crippen LogP contribution < -0.4 is 10.6 Å². The third-order valence-electron chi connectivity index (χ3n) is 5.85. The molecule has 0 spiro atoms. The minimum atomic E-state index is -0.970. The molecule has 0 saturated carbocycles. The summed E-state index contributed by atoms with van der Waals surface area (Å²) in [7, 11) is 0. The summed E-state index contributed by atoms with van der Waals surface area (Å²) < 4.78 is 5.54. The van der Waals surface area contributed by atoms with Crippen LogP contribution >= 0.6 is 0 Å². The smallest absolute Gasteiger partial charge is 0.407 e. The molecule has 3 aromatic rings. The Hall–Kier alpha value is -4.13. The van der Waals surface area contributed by atoms with Crippen molar-refractivity contribution in [1.29, 1.82) is 0 Å². The first-order valence-corrected chi connectivity index (χ1v) is 11.1. The van der Waals surface area contributed by atoms with Crippen LogP contribution in [-0.4, -0.2) is 35.7 Å². The maximum atomic E-state index is 12.3. The van der Waals surface area contributed by atoms with E-state index in [1.807, 2.05) is 24.3 Å². The van der Waals surface area contributed by atoms with E-state index < -0.39 is 18.1 Å². The minimum Gasteiger partial charge on any atom is -0.481 e. The Labute approximate surface area is 197 Å². The normalized spacial score (nSPS) is 12.9. The topological polar surface area (TPSA) is 105 Å². The number of carboxylic acids is 1. The highest BCUT2D eigenvalue weighted by atomic mass is 16.5. The number of hydrogen-bond donors (Lipinski definition) is 3. The fourth-order valence-electron chi connectivity index (χ4n) is 4.22. The van der Waals surface area contributed by atoms with Crippen LogP contribution in [0.2, 0.25) is 0 Å². The molecule has 0 radical (unpaired) electrons. The maximum absolute atomic E-state index is 12.3. The van der Waals surface area contributed by atoms with Gasteiger partial charge in [-0.05, 0) is 46.9 Å². The van der Waals surface area contributed by atoms with E-state index in [0.717, 1.165) is 16.7 Å². The molecule has 2 amide bonds. The van der Waals surface area contributed by atoms with Gasteiger partial charge >= 0.3 is 12.1 Å². The van der Waals surface area contributed by atoms with Gasteiger partial charge in [0.25, 0.3) is 5.91 Å². The number of hydrogen-bond acceptors (Lipinski definition) is 4. The molecule has 34 heavy (non-hydrogen) atoms. The first-order valence-electron chi connectivity index (χ1n) is 11.1. The number of ether oxygens (including phenoxy) is 1. The quantitative estimate of drug-likeness (QED) is 0.466. The van der Waals surface area contributed by atoms with Crippen LogP contribution in [0.25, 0.3) is 11.1 Å². The van der Waals surface area contributed by atoms with Gasteiger partial charge in [0.2, 0.25) is 0 Å². The van der Waals surface area contributed by atoms with Gasteiger partial charge in [-0.15, -0.1) is 0 Å². The van der Waals surface area contributed by atoms with Crippen molar-refractivity contribution in [1.82, 2.24) is 10.6 Å². The molecule has 1 aliphatic carbocycles. The molecule has 3 N–H and O–H groups in total. The van der Waals surface area contributed by atoms with E-state index in [4.69, 9.17) is 9.84 Å². The number of aliphatic carboxylic acids is 1. The monoisotopic (exact) mass is 458 g/mol. The molecule has 7 heteroatoms. The number of benzene rings is 3. The third kappa shape index (κ3) is 5.26. The average molecular weight is 459 g/mol. The van der Waals surface area contributed by atoms with Crippen molar-refractivity contribution in [3.05, 3.63) is 95.1 Å². The lowest BCUT2D eigenvalue weighted by molar-refractivity contribution is -0.137. The lowest BCUT2D eigenvalue weighted by atomic mass is 9.98. The fraction of sp³-hybridized carbons (Fsp3) is 0.222. The van der Waals surface area contributed by atoms with E-state index in [-0.39, 0.29) is 31.4 Å². The predicted molar refractivity (Wildman–Crippen MR) is 128 cm³/mol. The van der Waals surface area contributed by atoms with Crippen molar-refractivity contribution in [2.24, 2.45) is 0 Å². The molecule has 0 aromatic heterocycles. The van der Waals surface area contributed by atoms with Gasteiger partial charge in [0.15, 0.2) is 0 Å². The van der Waals surface area contributed by atoms with Crippen LogP contribution in [0, 0.1) is 0 Å². The largest absolute Gasteiger partial charge is 0.481 e. The molecule has 0 fully saturated rings. The van der Waals surface area contributed by atoms with Crippen molar-refractivity contribution in [2.75, 3.05) is 6.61 Å². The van der Waals surface area contributed by atoms with Crippen molar-refractivity contribution < 1.29 is 24.2 Å². The Morgan fingerprint density at radius 1 is 0.912 bits per heavy atom. The van der Waals surface area contributed by atoms with E-state index in [2.05, 4.69) is 34.9 Å². The first kappa shape index (κ1) is 23.0. The molecule has 0 saturated heterocycles. The van der Waals surface area contributed by atoms with Gasteiger partial charge in [-0.1, -0.05) is 60.7 Å². The lowest BCUT2D eigenvalue weighted by Gasteiger charge is -2.15. The molecule has 1 aliphatic rings. The van der Waals surface area contributed by atoms with Gasteiger partial charge in [0, 0.05) is 24.1 Å². The average Bonchev–Trinajstić information content (AvgIpc) is 3.15. The van der Waals surface area contributed by atoms with Crippen LogP contribution in [0.1, 0.15) is 46.3 Å². The van der Waals surface area contributed by atoms with Crippen molar-refractivity contribution in [3.63, 3.8) is 0 Å². The predicted octanol–water partition coefficient (Wildman–Crippen LogP) is 4.32. The molecule has 7 nitrogen and oxygen atoms in total. The SMILES string of the molecule is CC(CC(=O)O)NC(=O)c1ccc(CNC(=O)OCC2c3ccccc3-c3ccccc32)cc1. The lowest BCUT2D eigenvalue weighted by Crippen LogP contribution is -2.34. The summed E-state index contributed by atoms with van der Waals surface area (Å²) >= 11 is 0. The number of fused-ring (bicyclic) bond motifs is 3. The Bertz CT molecular complexity index is 1160. The summed E-state index contributed by atoms with van der Waals surface area (Å²) in [6.07, 6.45) is -0.653. The summed E-state index contributed by atoms with van der Waals surface area (Å²) in [4.78, 5) is 35.3. The fourth-order valence-corrected chi connectivity index (χ4v) is 4.22. The highest BCUT2D eigenvalue weighted by Gasteiger charge is 2.28. The van der Waals surface area contributed by atoms with Crippen LogP contribution in [0.4, 0.5) is 4.79 Å². The van der Waals surface area contributed by atoms with Crippen molar-refractivity contribution >= 4 is 18.0 Å². The number of rotatable bonds is 8. The number of carbonyl (C=O) groups excluding carboxylic acids is 2. The minimum absolute atomic E-state index is 0.000496. The van der Waals surface area contributed by atoms with Crippen LogP contribution in [0.5, 0.6) is 0 Å². The Morgan fingerprint density at radius 3 is 2.09 bits per heavy atom. The molecule has 3 aromatic carbocycles. The molecular formula is C27H26N2O5. The Kier molecular flexibility index (Phi) is 6.92. The maximum Gasteiger partial charge on any atom is 0.407 e. The summed E-state index contributed by atoms with van der Waals surface area (Å²) in [5, 5.41) is 14.2. The summed E-state index contributed by atoms with van der Waals surface area (Å²) in [5.41, 5.74) is 5.89. The van der Waals surface area contributed by atoms with Gasteiger partial charge in [-0.3, -0.25) is 9.59 Å². The second-order valence-corrected chi connectivity index (χ2v) is 8.35. The molecule has 4 rings (SSSR count). The van der Waals surface area contributed by atoms with E-state index in [1.165, 1.54) is 11.1 Å². The summed E-state index contributed by atoms with van der Waals surface area (Å²) in [5.74, 6) is -1.31. The zero-order valence-corrected chi connectivity index (χ0v) is 18.8. The molecule has 0 heterocycles. The first-order chi connectivity index (χ1) is 16.4. The highest BCUT2D eigenvalue weighted by Crippen LogP contribution is 2.44. The number of amides is 2. The standard InChI is InChI=1S/C27H26N2O5/c1-17(14-25(30)31)29-26(32)19-12-10-18(11-13-19)15-28-27(33)34-16-24-22-8-4-2-6-20(22)21-7-3-5-9-23(21)24/h2-13,17,24H,14-16H2,1H3,(H,28,33)(H,29,32)(H,30,31). The molecule has 174 valence electrons. The van der Waals surface area contributed by atoms with Gasteiger partial charge in [0.05, 0.1) is 6.42 Å². The third-order valence-corrected chi connectivity index (χ3v) is 5.85. The molecule has 0 bridgehead atoms. The zero-order chi connectivity index (χ0) is 24.1. The van der Waals surface area contributed by atoms with E-state index in [9.17, 15) is 14.4 Å². The number of alkyl carbamates (subject to hydrolysis) is 1. The van der Waals surface area contributed by atoms with E-state index >= 15 is 0 Å². The molecule has 0 aliphatic heterocycles. The van der Waals surface area contributed by atoms with Gasteiger partial charge in [-0.2, -0.15) is 0 Å². The Balaban J connectivity index is 1.29. The second kappa shape index (κ2) is 10.2.